The van der Waals surface area contributed by atoms with Crippen LogP contribution < -0.4 is 0 Å². The number of fused-ring (bicyclic) bond motifs is 8. The van der Waals surface area contributed by atoms with E-state index in [1.54, 1.807) is 19.2 Å². The van der Waals surface area contributed by atoms with Crippen LogP contribution in [0.3, 0.4) is 0 Å². The van der Waals surface area contributed by atoms with Crippen molar-refractivity contribution in [2.24, 2.45) is 34.7 Å². The van der Waals surface area contributed by atoms with Crippen LogP contribution in [-0.2, 0) is 14.4 Å². The molecule has 5 nitrogen and oxygen atoms in total. The number of rotatable bonds is 1. The van der Waals surface area contributed by atoms with E-state index in [2.05, 4.69) is 5.16 Å². The van der Waals surface area contributed by atoms with Crippen LogP contribution in [0.2, 0.25) is 10.0 Å². The summed E-state index contributed by atoms with van der Waals surface area (Å²) in [6.07, 6.45) is 0.696. The molecule has 2 saturated carbocycles. The molecule has 0 spiro atoms. The van der Waals surface area contributed by atoms with Gasteiger partial charge in [0.2, 0.25) is 11.8 Å². The molecule has 5 rings (SSSR count). The zero-order chi connectivity index (χ0) is 16.7. The van der Waals surface area contributed by atoms with Crippen molar-refractivity contribution in [3.8, 4) is 0 Å². The largest absolute Gasteiger partial charge is 0.391 e. The van der Waals surface area contributed by atoms with Crippen LogP contribution in [0, 0.1) is 29.6 Å². The molecule has 0 radical (unpaired) electrons. The van der Waals surface area contributed by atoms with Crippen molar-refractivity contribution in [3.63, 3.8) is 0 Å². The fraction of sp³-hybridized carbons (Fsp3) is 0.471. The predicted octanol–water partition coefficient (Wildman–Crippen LogP) is 2.59. The van der Waals surface area contributed by atoms with Gasteiger partial charge in [-0.2, -0.15) is 0 Å². The van der Waals surface area contributed by atoms with Gasteiger partial charge in [0.15, 0.2) is 0 Å². The van der Waals surface area contributed by atoms with E-state index in [9.17, 15) is 9.59 Å². The Morgan fingerprint density at radius 3 is 2.54 bits per heavy atom. The summed E-state index contributed by atoms with van der Waals surface area (Å²) >= 11 is 12.3. The maximum absolute atomic E-state index is 12.5. The number of oxime groups is 1. The summed E-state index contributed by atoms with van der Waals surface area (Å²) in [4.78, 5) is 31.9. The average Bonchev–Trinajstić information content (AvgIpc) is 3.25. The van der Waals surface area contributed by atoms with Crippen molar-refractivity contribution in [1.82, 2.24) is 4.90 Å². The van der Waals surface area contributed by atoms with Crippen LogP contribution in [0.4, 0.5) is 0 Å². The van der Waals surface area contributed by atoms with Crippen molar-refractivity contribution in [3.05, 3.63) is 33.8 Å². The van der Waals surface area contributed by atoms with Gasteiger partial charge >= 0.3 is 0 Å². The predicted molar refractivity (Wildman–Crippen MR) is 87.7 cm³/mol. The van der Waals surface area contributed by atoms with E-state index in [0.717, 1.165) is 17.7 Å². The monoisotopic (exact) mass is 364 g/mol. The lowest BCUT2D eigenvalue weighted by Gasteiger charge is -2.30. The van der Waals surface area contributed by atoms with Gasteiger partial charge < -0.3 is 4.84 Å². The minimum atomic E-state index is -0.246. The normalized spacial score (nSPS) is 39.1. The molecule has 24 heavy (non-hydrogen) atoms. The van der Waals surface area contributed by atoms with Gasteiger partial charge in [-0.3, -0.25) is 14.5 Å². The summed E-state index contributed by atoms with van der Waals surface area (Å²) in [5.74, 6) is -0.478. The van der Waals surface area contributed by atoms with Gasteiger partial charge in [0.25, 0.3) is 0 Å². The molecule has 7 heteroatoms. The van der Waals surface area contributed by atoms with E-state index in [1.807, 2.05) is 6.07 Å². The third-order valence-corrected chi connectivity index (χ3v) is 6.67. The SMILES string of the molecule is CN1C(=O)[C@@H]2[C@@H]3C[C@@H]([C@H]4C(c5ccc(Cl)cc5Cl)=NO[C@@H]34)[C@@H]2C1=O. The summed E-state index contributed by atoms with van der Waals surface area (Å²) in [5, 5.41) is 5.36. The molecular formula is C17H14Cl2N2O3. The van der Waals surface area contributed by atoms with Crippen molar-refractivity contribution in [2.75, 3.05) is 7.05 Å². The van der Waals surface area contributed by atoms with Gasteiger partial charge in [0.05, 0.1) is 22.6 Å². The van der Waals surface area contributed by atoms with E-state index < -0.39 is 0 Å². The second-order valence-corrected chi connectivity index (χ2v) is 7.89. The number of hydrogen-bond donors (Lipinski definition) is 0. The van der Waals surface area contributed by atoms with Crippen molar-refractivity contribution in [1.29, 1.82) is 0 Å². The number of nitrogens with zero attached hydrogens (tertiary/aromatic N) is 2. The van der Waals surface area contributed by atoms with Crippen LogP contribution in [0.5, 0.6) is 0 Å². The quantitative estimate of drug-likeness (QED) is 0.719. The van der Waals surface area contributed by atoms with Crippen LogP contribution in [0.25, 0.3) is 0 Å². The van der Waals surface area contributed by atoms with E-state index >= 15 is 0 Å². The molecule has 2 aliphatic heterocycles. The molecule has 6 atom stereocenters. The number of amides is 2. The Bertz CT molecular complexity index is 824. The van der Waals surface area contributed by atoms with Crippen LogP contribution >= 0.6 is 23.2 Å². The van der Waals surface area contributed by atoms with Gasteiger partial charge in [-0.15, -0.1) is 0 Å². The molecule has 2 aliphatic carbocycles. The van der Waals surface area contributed by atoms with E-state index in [1.165, 1.54) is 4.90 Å². The first-order chi connectivity index (χ1) is 11.5. The Morgan fingerprint density at radius 2 is 1.83 bits per heavy atom. The van der Waals surface area contributed by atoms with Gasteiger partial charge in [-0.05, 0) is 24.5 Å². The van der Waals surface area contributed by atoms with Gasteiger partial charge in [-0.25, -0.2) is 0 Å². The highest BCUT2D eigenvalue weighted by Crippen LogP contribution is 2.61. The summed E-state index contributed by atoms with van der Waals surface area (Å²) < 4.78 is 0. The molecule has 124 valence electrons. The van der Waals surface area contributed by atoms with Crippen LogP contribution in [0.1, 0.15) is 12.0 Å². The Morgan fingerprint density at radius 1 is 1.12 bits per heavy atom. The van der Waals surface area contributed by atoms with Crippen molar-refractivity contribution >= 4 is 40.7 Å². The Hall–Kier alpha value is -1.59. The first-order valence-corrected chi connectivity index (χ1v) is 8.75. The molecule has 1 aromatic carbocycles. The number of imide groups is 1. The molecule has 0 aromatic heterocycles. The first-order valence-electron chi connectivity index (χ1n) is 7.99. The topological polar surface area (TPSA) is 59.0 Å². The summed E-state index contributed by atoms with van der Waals surface area (Å²) in [6, 6.07) is 5.29. The molecular weight excluding hydrogens is 351 g/mol. The van der Waals surface area contributed by atoms with E-state index in [0.29, 0.717) is 10.0 Å². The molecule has 1 saturated heterocycles. The third kappa shape index (κ3) is 1.64. The molecule has 2 heterocycles. The van der Waals surface area contributed by atoms with Crippen LogP contribution in [-0.4, -0.2) is 35.6 Å². The van der Waals surface area contributed by atoms with Crippen molar-refractivity contribution in [2.45, 2.75) is 12.5 Å². The Labute approximate surface area is 148 Å². The molecule has 3 fully saturated rings. The number of hydrogen-bond acceptors (Lipinski definition) is 4. The van der Waals surface area contributed by atoms with Gasteiger partial charge in [-0.1, -0.05) is 34.4 Å². The highest BCUT2D eigenvalue weighted by molar-refractivity contribution is 6.37. The summed E-state index contributed by atoms with van der Waals surface area (Å²) in [7, 11) is 1.57. The van der Waals surface area contributed by atoms with Crippen molar-refractivity contribution < 1.29 is 14.4 Å². The molecule has 4 aliphatic rings. The lowest BCUT2D eigenvalue weighted by molar-refractivity contribution is -0.139. The zero-order valence-corrected chi connectivity index (χ0v) is 14.3. The second kappa shape index (κ2) is 4.73. The number of halogens is 2. The summed E-state index contributed by atoms with van der Waals surface area (Å²) in [5.41, 5.74) is 1.57. The Balaban J connectivity index is 1.55. The second-order valence-electron chi connectivity index (χ2n) is 7.05. The third-order valence-electron chi connectivity index (χ3n) is 6.12. The van der Waals surface area contributed by atoms with Crippen LogP contribution in [0.15, 0.2) is 23.4 Å². The molecule has 2 amide bonds. The highest BCUT2D eigenvalue weighted by atomic mass is 35.5. The lowest BCUT2D eigenvalue weighted by Crippen LogP contribution is -2.41. The number of likely N-dealkylation sites (tertiary alicyclic amines) is 1. The highest BCUT2D eigenvalue weighted by Gasteiger charge is 2.69. The number of benzene rings is 1. The van der Waals surface area contributed by atoms with Gasteiger partial charge in [0.1, 0.15) is 6.10 Å². The fourth-order valence-corrected chi connectivity index (χ4v) is 5.70. The number of carbonyl (C=O) groups is 2. The van der Waals surface area contributed by atoms with E-state index in [4.69, 9.17) is 28.0 Å². The number of carbonyl (C=O) groups excluding carboxylic acids is 2. The minimum absolute atomic E-state index is 0.0122. The maximum atomic E-state index is 12.5. The maximum Gasteiger partial charge on any atom is 0.233 e. The fourth-order valence-electron chi connectivity index (χ4n) is 5.19. The first kappa shape index (κ1) is 14.7. The lowest BCUT2D eigenvalue weighted by atomic mass is 9.71. The standard InChI is InChI=1S/C17H14Cl2N2O3/c1-21-16(22)11-8-5-9(12(11)17(21)23)15-13(8)14(20-24-15)7-3-2-6(18)4-10(7)19/h2-4,8-9,11-13,15H,5H2,1H3/t8-,9+,11+,12-,13+,15+/m1/s1. The smallest absolute Gasteiger partial charge is 0.233 e. The summed E-state index contributed by atoms with van der Waals surface area (Å²) in [6.45, 7) is 0. The molecule has 0 N–H and O–H groups in total. The average molecular weight is 365 g/mol. The molecule has 0 unspecified atom stereocenters. The van der Waals surface area contributed by atoms with Gasteiger partial charge in [0, 0.05) is 29.5 Å². The Kier molecular flexibility index (Phi) is 2.90. The minimum Gasteiger partial charge on any atom is -0.391 e. The molecule has 2 bridgehead atoms. The van der Waals surface area contributed by atoms with E-state index in [-0.39, 0.29) is 47.5 Å². The zero-order valence-electron chi connectivity index (χ0n) is 12.8. The molecule has 1 aromatic rings.